The Morgan fingerprint density at radius 2 is 2.32 bits per heavy atom. The zero-order chi connectivity index (χ0) is 14.0. The highest BCUT2D eigenvalue weighted by atomic mass is 79.9. The molecule has 1 saturated heterocycles. The predicted octanol–water partition coefficient (Wildman–Crippen LogP) is 2.50. The number of rotatable bonds is 3. The molecule has 2 heterocycles. The SMILES string of the molecule is CC1CN(C)CCC1Nc1c(Br)cncc1[N+](=O)[O-]. The average Bonchev–Trinajstić information content (AvgIpc) is 2.34. The van der Waals surface area contributed by atoms with E-state index in [9.17, 15) is 10.1 Å². The molecule has 1 aliphatic rings. The number of pyridine rings is 1. The third-order valence-electron chi connectivity index (χ3n) is 3.51. The quantitative estimate of drug-likeness (QED) is 0.681. The molecule has 6 nitrogen and oxygen atoms in total. The first-order valence-electron chi connectivity index (χ1n) is 6.22. The standard InChI is InChI=1S/C12H17BrN4O2/c1-8-7-16(2)4-3-10(8)15-12-9(13)5-14-6-11(12)17(18)19/h5-6,8,10H,3-4,7H2,1-2H3,(H,14,15). The highest BCUT2D eigenvalue weighted by Gasteiger charge is 2.27. The first-order chi connectivity index (χ1) is 8.99. The lowest BCUT2D eigenvalue weighted by molar-refractivity contribution is -0.384. The number of nitro groups is 1. The van der Waals surface area contributed by atoms with Crippen molar-refractivity contribution in [2.75, 3.05) is 25.5 Å². The Labute approximate surface area is 120 Å². The minimum atomic E-state index is -0.403. The van der Waals surface area contributed by atoms with Crippen molar-refractivity contribution in [1.29, 1.82) is 0 Å². The van der Waals surface area contributed by atoms with Crippen molar-refractivity contribution in [3.05, 3.63) is 27.0 Å². The molecule has 0 aromatic carbocycles. The molecule has 1 aliphatic heterocycles. The van der Waals surface area contributed by atoms with E-state index in [0.717, 1.165) is 19.5 Å². The molecule has 0 aliphatic carbocycles. The number of aromatic nitrogens is 1. The van der Waals surface area contributed by atoms with Crippen LogP contribution in [0.2, 0.25) is 0 Å². The second-order valence-corrected chi connectivity index (χ2v) is 5.91. The van der Waals surface area contributed by atoms with Crippen LogP contribution in [0.1, 0.15) is 13.3 Å². The molecule has 19 heavy (non-hydrogen) atoms. The minimum Gasteiger partial charge on any atom is -0.375 e. The van der Waals surface area contributed by atoms with E-state index in [0.29, 0.717) is 16.1 Å². The molecule has 1 N–H and O–H groups in total. The fourth-order valence-corrected chi connectivity index (χ4v) is 2.90. The molecule has 1 aromatic heterocycles. The van der Waals surface area contributed by atoms with Crippen LogP contribution in [0.25, 0.3) is 0 Å². The number of anilines is 1. The van der Waals surface area contributed by atoms with Gasteiger partial charge in [0.05, 0.1) is 9.40 Å². The summed E-state index contributed by atoms with van der Waals surface area (Å²) in [6, 6.07) is 0.244. The molecule has 7 heteroatoms. The van der Waals surface area contributed by atoms with E-state index in [-0.39, 0.29) is 11.7 Å². The first kappa shape index (κ1) is 14.2. The lowest BCUT2D eigenvalue weighted by Crippen LogP contribution is -2.43. The van der Waals surface area contributed by atoms with Crippen molar-refractivity contribution in [3.8, 4) is 0 Å². The van der Waals surface area contributed by atoms with Crippen LogP contribution in [-0.2, 0) is 0 Å². The van der Waals surface area contributed by atoms with Crippen molar-refractivity contribution in [2.24, 2.45) is 5.92 Å². The van der Waals surface area contributed by atoms with Gasteiger partial charge in [-0.3, -0.25) is 15.1 Å². The second-order valence-electron chi connectivity index (χ2n) is 5.05. The van der Waals surface area contributed by atoms with Gasteiger partial charge in [0.1, 0.15) is 11.9 Å². The van der Waals surface area contributed by atoms with Crippen molar-refractivity contribution in [3.63, 3.8) is 0 Å². The Balaban J connectivity index is 2.21. The van der Waals surface area contributed by atoms with Gasteiger partial charge in [-0.15, -0.1) is 0 Å². The van der Waals surface area contributed by atoms with Gasteiger partial charge in [-0.05, 0) is 41.9 Å². The van der Waals surface area contributed by atoms with E-state index in [1.807, 2.05) is 0 Å². The van der Waals surface area contributed by atoms with Crippen LogP contribution in [0.15, 0.2) is 16.9 Å². The lowest BCUT2D eigenvalue weighted by Gasteiger charge is -2.35. The molecular formula is C12H17BrN4O2. The molecule has 0 radical (unpaired) electrons. The van der Waals surface area contributed by atoms with E-state index in [4.69, 9.17) is 0 Å². The van der Waals surface area contributed by atoms with Crippen LogP contribution in [0.3, 0.4) is 0 Å². The van der Waals surface area contributed by atoms with Crippen LogP contribution in [0, 0.1) is 16.0 Å². The molecule has 0 saturated carbocycles. The number of nitrogens with one attached hydrogen (secondary N) is 1. The minimum absolute atomic E-state index is 0.0144. The summed E-state index contributed by atoms with van der Waals surface area (Å²) in [5.41, 5.74) is 0.543. The third-order valence-corrected chi connectivity index (χ3v) is 4.12. The summed E-state index contributed by atoms with van der Waals surface area (Å²) in [5.74, 6) is 0.443. The van der Waals surface area contributed by atoms with E-state index < -0.39 is 4.92 Å². The van der Waals surface area contributed by atoms with E-state index in [1.165, 1.54) is 6.20 Å². The molecule has 2 rings (SSSR count). The number of hydrogen-bond donors (Lipinski definition) is 1. The fourth-order valence-electron chi connectivity index (χ4n) is 2.46. The summed E-state index contributed by atoms with van der Waals surface area (Å²) in [7, 11) is 2.09. The largest absolute Gasteiger partial charge is 0.375 e. The Hall–Kier alpha value is -1.21. The van der Waals surface area contributed by atoms with Crippen LogP contribution in [0.4, 0.5) is 11.4 Å². The summed E-state index contributed by atoms with van der Waals surface area (Å²) < 4.78 is 0.632. The monoisotopic (exact) mass is 328 g/mol. The predicted molar refractivity (Wildman–Crippen MR) is 77.3 cm³/mol. The van der Waals surface area contributed by atoms with Gasteiger partial charge in [0.2, 0.25) is 0 Å². The number of piperidine rings is 1. The van der Waals surface area contributed by atoms with Crippen molar-refractivity contribution < 1.29 is 4.92 Å². The highest BCUT2D eigenvalue weighted by Crippen LogP contribution is 2.33. The van der Waals surface area contributed by atoms with Gasteiger partial charge in [-0.1, -0.05) is 6.92 Å². The molecular weight excluding hydrogens is 312 g/mol. The van der Waals surface area contributed by atoms with Crippen molar-refractivity contribution in [2.45, 2.75) is 19.4 Å². The van der Waals surface area contributed by atoms with Crippen LogP contribution >= 0.6 is 15.9 Å². The van der Waals surface area contributed by atoms with E-state index in [1.54, 1.807) is 6.20 Å². The Morgan fingerprint density at radius 3 is 2.95 bits per heavy atom. The Bertz CT molecular complexity index is 483. The number of likely N-dealkylation sites (tertiary alicyclic amines) is 1. The second kappa shape index (κ2) is 5.83. The first-order valence-corrected chi connectivity index (χ1v) is 7.01. The maximum Gasteiger partial charge on any atom is 0.311 e. The molecule has 2 unspecified atom stereocenters. The molecule has 1 aromatic rings. The molecule has 0 bridgehead atoms. The maximum atomic E-state index is 11.0. The number of hydrogen-bond acceptors (Lipinski definition) is 5. The summed E-state index contributed by atoms with van der Waals surface area (Å²) in [6.45, 7) is 4.15. The summed E-state index contributed by atoms with van der Waals surface area (Å²) in [5, 5.41) is 14.4. The van der Waals surface area contributed by atoms with Gasteiger partial charge < -0.3 is 10.2 Å². The van der Waals surface area contributed by atoms with Crippen LogP contribution in [-0.4, -0.2) is 41.0 Å². The summed E-state index contributed by atoms with van der Waals surface area (Å²) in [4.78, 5) is 16.8. The van der Waals surface area contributed by atoms with Gasteiger partial charge in [0.25, 0.3) is 0 Å². The van der Waals surface area contributed by atoms with Gasteiger partial charge in [-0.25, -0.2) is 0 Å². The van der Waals surface area contributed by atoms with Gasteiger partial charge in [-0.2, -0.15) is 0 Å². The van der Waals surface area contributed by atoms with Crippen molar-refractivity contribution in [1.82, 2.24) is 9.88 Å². The van der Waals surface area contributed by atoms with Crippen molar-refractivity contribution >= 4 is 27.3 Å². The van der Waals surface area contributed by atoms with Gasteiger partial charge >= 0.3 is 5.69 Å². The maximum absolute atomic E-state index is 11.0. The van der Waals surface area contributed by atoms with Crippen LogP contribution < -0.4 is 5.32 Å². The van der Waals surface area contributed by atoms with Gasteiger partial charge in [0.15, 0.2) is 0 Å². The molecule has 1 fully saturated rings. The normalized spacial score (nSPS) is 24.2. The number of nitrogens with zero attached hydrogens (tertiary/aromatic N) is 3. The van der Waals surface area contributed by atoms with Gasteiger partial charge in [0, 0.05) is 18.8 Å². The number of halogens is 1. The van der Waals surface area contributed by atoms with E-state index in [2.05, 4.69) is 45.1 Å². The zero-order valence-corrected chi connectivity index (χ0v) is 12.6. The van der Waals surface area contributed by atoms with E-state index >= 15 is 0 Å². The molecule has 104 valence electrons. The molecule has 0 spiro atoms. The van der Waals surface area contributed by atoms with Crippen LogP contribution in [0.5, 0.6) is 0 Å². The third kappa shape index (κ3) is 3.22. The topological polar surface area (TPSA) is 71.3 Å². The summed E-state index contributed by atoms with van der Waals surface area (Å²) in [6.07, 6.45) is 3.84. The summed E-state index contributed by atoms with van der Waals surface area (Å²) >= 11 is 3.33. The molecule has 2 atom stereocenters. The zero-order valence-electron chi connectivity index (χ0n) is 11.0. The smallest absolute Gasteiger partial charge is 0.311 e. The molecule has 0 amide bonds. The Morgan fingerprint density at radius 1 is 1.58 bits per heavy atom. The Kier molecular flexibility index (Phi) is 4.36. The average molecular weight is 329 g/mol. The lowest BCUT2D eigenvalue weighted by atomic mass is 9.94. The fraction of sp³-hybridized carbons (Fsp3) is 0.583. The highest BCUT2D eigenvalue weighted by molar-refractivity contribution is 9.10.